The molecule has 4 bridgehead atoms. The van der Waals surface area contributed by atoms with Crippen molar-refractivity contribution in [2.75, 3.05) is 5.32 Å². The number of pyridine rings is 1. The van der Waals surface area contributed by atoms with Gasteiger partial charge >= 0.3 is 0 Å². The molecule has 1 N–H and O–H groups in total. The summed E-state index contributed by atoms with van der Waals surface area (Å²) in [5.74, 6) is 0.926. The molecule has 0 amide bonds. The molecule has 2 aromatic rings. The second kappa shape index (κ2) is 2.84. The van der Waals surface area contributed by atoms with Crippen molar-refractivity contribution in [1.82, 2.24) is 4.98 Å². The molecule has 0 atom stereocenters. The van der Waals surface area contributed by atoms with Crippen LogP contribution in [0.1, 0.15) is 11.3 Å². The van der Waals surface area contributed by atoms with Gasteiger partial charge in [-0.2, -0.15) is 0 Å². The van der Waals surface area contributed by atoms with Crippen LogP contribution in [-0.2, 0) is 6.42 Å². The minimum Gasteiger partial charge on any atom is -0.340 e. The largest absolute Gasteiger partial charge is 0.340 e. The molecule has 0 saturated carbocycles. The van der Waals surface area contributed by atoms with E-state index in [1.54, 1.807) is 0 Å². The van der Waals surface area contributed by atoms with Crippen LogP contribution in [0.4, 0.5) is 11.5 Å². The fraction of sp³-hybridized carbons (Fsp3) is 0.0833. The van der Waals surface area contributed by atoms with Crippen LogP contribution in [0, 0.1) is 0 Å². The van der Waals surface area contributed by atoms with Gasteiger partial charge in [0.1, 0.15) is 5.82 Å². The van der Waals surface area contributed by atoms with Gasteiger partial charge in [0.05, 0.1) is 0 Å². The third-order valence-corrected chi connectivity index (χ3v) is 2.42. The summed E-state index contributed by atoms with van der Waals surface area (Å²) in [6, 6.07) is 14.5. The Hall–Kier alpha value is -1.83. The van der Waals surface area contributed by atoms with E-state index in [0.717, 1.165) is 23.6 Å². The van der Waals surface area contributed by atoms with Gasteiger partial charge in [0.15, 0.2) is 0 Å². The van der Waals surface area contributed by atoms with Crippen molar-refractivity contribution in [2.24, 2.45) is 0 Å². The average molecular weight is 182 g/mol. The quantitative estimate of drug-likeness (QED) is 0.578. The Labute approximate surface area is 82.6 Å². The number of benzene rings is 1. The molecule has 1 aromatic heterocycles. The summed E-state index contributed by atoms with van der Waals surface area (Å²) < 4.78 is 0. The Morgan fingerprint density at radius 3 is 2.71 bits per heavy atom. The highest BCUT2D eigenvalue weighted by Gasteiger charge is 2.04. The molecular formula is C12H10N2. The fourth-order valence-electron chi connectivity index (χ4n) is 1.71. The van der Waals surface area contributed by atoms with E-state index in [0.29, 0.717) is 0 Å². The summed E-state index contributed by atoms with van der Waals surface area (Å²) in [5.41, 5.74) is 3.52. The van der Waals surface area contributed by atoms with Gasteiger partial charge in [-0.3, -0.25) is 0 Å². The van der Waals surface area contributed by atoms with E-state index < -0.39 is 0 Å². The van der Waals surface area contributed by atoms with E-state index in [2.05, 4.69) is 40.6 Å². The summed E-state index contributed by atoms with van der Waals surface area (Å²) >= 11 is 0. The zero-order valence-electron chi connectivity index (χ0n) is 7.70. The number of nitrogens with zero attached hydrogens (tertiary/aromatic N) is 1. The number of fused-ring (bicyclic) bond motifs is 2. The molecule has 2 aliphatic heterocycles. The maximum atomic E-state index is 4.50. The van der Waals surface area contributed by atoms with Gasteiger partial charge in [-0.15, -0.1) is 0 Å². The minimum atomic E-state index is 0.912. The van der Waals surface area contributed by atoms with Crippen molar-refractivity contribution >= 4 is 11.5 Å². The zero-order chi connectivity index (χ0) is 9.38. The lowest BCUT2D eigenvalue weighted by Crippen LogP contribution is -1.94. The maximum absolute atomic E-state index is 4.50. The fourth-order valence-corrected chi connectivity index (χ4v) is 1.71. The van der Waals surface area contributed by atoms with E-state index in [4.69, 9.17) is 0 Å². The summed E-state index contributed by atoms with van der Waals surface area (Å²) in [4.78, 5) is 4.50. The lowest BCUT2D eigenvalue weighted by Gasteiger charge is -2.03. The molecule has 2 nitrogen and oxygen atoms in total. The lowest BCUT2D eigenvalue weighted by molar-refractivity contribution is 1.09. The normalized spacial score (nSPS) is 12.6. The highest BCUT2D eigenvalue weighted by Crippen LogP contribution is 2.20. The van der Waals surface area contributed by atoms with Crippen molar-refractivity contribution in [3.8, 4) is 0 Å². The van der Waals surface area contributed by atoms with E-state index in [-0.39, 0.29) is 0 Å². The molecule has 68 valence electrons. The minimum absolute atomic E-state index is 0.912. The molecule has 0 fully saturated rings. The van der Waals surface area contributed by atoms with Crippen LogP contribution < -0.4 is 5.32 Å². The molecule has 2 aliphatic rings. The first-order valence-corrected chi connectivity index (χ1v) is 4.72. The van der Waals surface area contributed by atoms with Gasteiger partial charge in [-0.05, 0) is 29.8 Å². The van der Waals surface area contributed by atoms with E-state index in [1.807, 2.05) is 12.1 Å². The van der Waals surface area contributed by atoms with Crippen molar-refractivity contribution < 1.29 is 0 Å². The second-order valence-corrected chi connectivity index (χ2v) is 3.51. The number of hydrogen-bond acceptors (Lipinski definition) is 2. The van der Waals surface area contributed by atoms with Crippen LogP contribution in [0.25, 0.3) is 0 Å². The first-order chi connectivity index (χ1) is 6.90. The number of aromatic nitrogens is 1. The third kappa shape index (κ3) is 1.25. The first-order valence-electron chi connectivity index (χ1n) is 4.72. The Balaban J connectivity index is 2.20. The molecule has 0 aliphatic carbocycles. The SMILES string of the molecule is c1cc2nc(c1)Nc1ccc(cc1)C2. The van der Waals surface area contributed by atoms with Gasteiger partial charge in [-0.25, -0.2) is 4.98 Å². The van der Waals surface area contributed by atoms with Gasteiger partial charge in [0.25, 0.3) is 0 Å². The van der Waals surface area contributed by atoms with E-state index in [1.165, 1.54) is 5.56 Å². The predicted octanol–water partition coefficient (Wildman–Crippen LogP) is 2.73. The average Bonchev–Trinajstić information content (AvgIpc) is 2.29. The highest BCUT2D eigenvalue weighted by molar-refractivity contribution is 5.57. The van der Waals surface area contributed by atoms with Gasteiger partial charge in [0, 0.05) is 17.8 Å². The topological polar surface area (TPSA) is 24.9 Å². The smallest absolute Gasteiger partial charge is 0.130 e. The summed E-state index contributed by atoms with van der Waals surface area (Å²) in [6.45, 7) is 0. The Morgan fingerprint density at radius 1 is 1.00 bits per heavy atom. The van der Waals surface area contributed by atoms with Crippen molar-refractivity contribution in [2.45, 2.75) is 6.42 Å². The van der Waals surface area contributed by atoms with Crippen LogP contribution in [0.3, 0.4) is 0 Å². The molecular weight excluding hydrogens is 172 g/mol. The van der Waals surface area contributed by atoms with Gasteiger partial charge in [0.2, 0.25) is 0 Å². The van der Waals surface area contributed by atoms with Crippen LogP contribution >= 0.6 is 0 Å². The van der Waals surface area contributed by atoms with E-state index in [9.17, 15) is 0 Å². The third-order valence-electron chi connectivity index (χ3n) is 2.42. The highest BCUT2D eigenvalue weighted by atomic mass is 15.0. The monoisotopic (exact) mass is 182 g/mol. The molecule has 0 spiro atoms. The Bertz CT molecular complexity index is 420. The first kappa shape index (κ1) is 7.56. The second-order valence-electron chi connectivity index (χ2n) is 3.51. The number of rotatable bonds is 0. The van der Waals surface area contributed by atoms with Crippen LogP contribution in [-0.4, -0.2) is 4.98 Å². The van der Waals surface area contributed by atoms with Crippen molar-refractivity contribution in [1.29, 1.82) is 0 Å². The molecule has 14 heavy (non-hydrogen) atoms. The number of nitrogens with one attached hydrogen (secondary N) is 1. The number of hydrogen-bond donors (Lipinski definition) is 1. The predicted molar refractivity (Wildman–Crippen MR) is 56.8 cm³/mol. The lowest BCUT2D eigenvalue weighted by atomic mass is 10.1. The summed E-state index contributed by atoms with van der Waals surface area (Å²) in [7, 11) is 0. The summed E-state index contributed by atoms with van der Waals surface area (Å²) in [6.07, 6.45) is 0.912. The number of anilines is 2. The Kier molecular flexibility index (Phi) is 1.53. The summed E-state index contributed by atoms with van der Waals surface area (Å²) in [5, 5.41) is 3.27. The van der Waals surface area contributed by atoms with Crippen LogP contribution in [0.5, 0.6) is 0 Å². The molecule has 2 heteroatoms. The molecule has 0 radical (unpaired) electrons. The Morgan fingerprint density at radius 2 is 1.86 bits per heavy atom. The van der Waals surface area contributed by atoms with Crippen molar-refractivity contribution in [3.63, 3.8) is 0 Å². The maximum Gasteiger partial charge on any atom is 0.130 e. The zero-order valence-corrected chi connectivity index (χ0v) is 7.70. The molecule has 0 saturated heterocycles. The van der Waals surface area contributed by atoms with Crippen LogP contribution in [0.15, 0.2) is 42.5 Å². The van der Waals surface area contributed by atoms with Crippen LogP contribution in [0.2, 0.25) is 0 Å². The van der Waals surface area contributed by atoms with E-state index >= 15 is 0 Å². The standard InChI is InChI=1S/C12H10N2/c1-2-11-8-9-4-6-10(7-5-9)13-12(3-1)14-11/h1-7H,8H2,(H,13,14). The van der Waals surface area contributed by atoms with Crippen molar-refractivity contribution in [3.05, 3.63) is 53.7 Å². The molecule has 1 aromatic carbocycles. The van der Waals surface area contributed by atoms with Gasteiger partial charge < -0.3 is 5.32 Å². The molecule has 4 rings (SSSR count). The molecule has 0 unspecified atom stereocenters. The molecule has 3 heterocycles. The van der Waals surface area contributed by atoms with Gasteiger partial charge in [-0.1, -0.05) is 18.2 Å².